The van der Waals surface area contributed by atoms with Crippen molar-refractivity contribution in [1.29, 1.82) is 0 Å². The standard InChI is InChI=1S/C24H29N3O8/c1-26(2)18-13-8-11-7-12-10(9-27(3)35-4)5-6-14(28)16(12)19(29)15(11)21(31)24(13,34)22(32)17(20(18)30)23(25)33/h5-6,11,13,18,28-29,32,34H,7-9H2,1-4H3,(H2,25,33)/t11-,13-,18+,24-/m0/s1. The number of hydroxylamine groups is 2. The summed E-state index contributed by atoms with van der Waals surface area (Å²) in [6, 6.07) is 1.98. The molecule has 4 rings (SSSR count). The van der Waals surface area contributed by atoms with Crippen LogP contribution in [-0.2, 0) is 32.2 Å². The first-order valence-electron chi connectivity index (χ1n) is 11.1. The Morgan fingerprint density at radius 1 is 1.20 bits per heavy atom. The van der Waals surface area contributed by atoms with Crippen LogP contribution in [-0.4, -0.2) is 87.8 Å². The highest BCUT2D eigenvalue weighted by Gasteiger charge is 2.64. The van der Waals surface area contributed by atoms with E-state index in [1.165, 1.54) is 18.1 Å². The number of amides is 1. The van der Waals surface area contributed by atoms with Gasteiger partial charge in [-0.1, -0.05) is 6.07 Å². The van der Waals surface area contributed by atoms with E-state index in [1.54, 1.807) is 32.3 Å². The van der Waals surface area contributed by atoms with Crippen LogP contribution < -0.4 is 5.73 Å². The van der Waals surface area contributed by atoms with E-state index in [-0.39, 0.29) is 29.7 Å². The quantitative estimate of drug-likeness (QED) is 0.280. The highest BCUT2D eigenvalue weighted by atomic mass is 16.7. The number of phenols is 1. The average Bonchev–Trinajstić information content (AvgIpc) is 2.77. The van der Waals surface area contributed by atoms with Crippen molar-refractivity contribution in [1.82, 2.24) is 9.96 Å². The summed E-state index contributed by atoms with van der Waals surface area (Å²) in [5.74, 6) is -6.68. The SMILES string of the molecule is CON(C)Cc1ccc(O)c2c1C[C@H]1C[C@H]3[C@@H](N(C)C)C(=O)C(C(N)=O)=C(O)[C@@]3(O)C(=O)C1=C2O. The van der Waals surface area contributed by atoms with Crippen LogP contribution in [0.3, 0.4) is 0 Å². The van der Waals surface area contributed by atoms with Gasteiger partial charge in [0.1, 0.15) is 22.8 Å². The highest BCUT2D eigenvalue weighted by molar-refractivity contribution is 6.24. The molecule has 11 nitrogen and oxygen atoms in total. The number of hydrogen-bond donors (Lipinski definition) is 5. The van der Waals surface area contributed by atoms with E-state index in [4.69, 9.17) is 10.6 Å². The maximum Gasteiger partial charge on any atom is 0.255 e. The van der Waals surface area contributed by atoms with Gasteiger partial charge in [0, 0.05) is 25.1 Å². The molecule has 35 heavy (non-hydrogen) atoms. The molecule has 0 spiro atoms. The molecule has 0 aliphatic heterocycles. The highest BCUT2D eigenvalue weighted by Crippen LogP contribution is 2.52. The van der Waals surface area contributed by atoms with Crippen molar-refractivity contribution in [2.24, 2.45) is 17.6 Å². The van der Waals surface area contributed by atoms with Crippen molar-refractivity contribution in [3.05, 3.63) is 45.7 Å². The van der Waals surface area contributed by atoms with E-state index in [0.717, 1.165) is 5.56 Å². The number of nitrogens with zero attached hydrogens (tertiary/aromatic N) is 2. The molecule has 1 aromatic rings. The fourth-order valence-electron chi connectivity index (χ4n) is 5.76. The van der Waals surface area contributed by atoms with Gasteiger partial charge >= 0.3 is 0 Å². The van der Waals surface area contributed by atoms with Crippen molar-refractivity contribution in [3.63, 3.8) is 0 Å². The molecule has 11 heteroatoms. The first-order valence-corrected chi connectivity index (χ1v) is 11.1. The third-order valence-corrected chi connectivity index (χ3v) is 7.41. The Morgan fingerprint density at radius 3 is 2.43 bits per heavy atom. The number of likely N-dealkylation sites (N-methyl/N-ethyl adjacent to an activating group) is 1. The van der Waals surface area contributed by atoms with Gasteiger partial charge in [-0.3, -0.25) is 19.3 Å². The van der Waals surface area contributed by atoms with Gasteiger partial charge in [0.25, 0.3) is 5.91 Å². The van der Waals surface area contributed by atoms with Gasteiger partial charge < -0.3 is 31.0 Å². The van der Waals surface area contributed by atoms with Crippen LogP contribution in [0.1, 0.15) is 23.1 Å². The van der Waals surface area contributed by atoms with Gasteiger partial charge in [0.05, 0.1) is 18.7 Å². The first-order chi connectivity index (χ1) is 16.4. The largest absolute Gasteiger partial charge is 0.508 e. The van der Waals surface area contributed by atoms with E-state index >= 15 is 0 Å². The van der Waals surface area contributed by atoms with E-state index in [0.29, 0.717) is 12.1 Å². The smallest absolute Gasteiger partial charge is 0.255 e. The number of Topliss-reactive ketones (excluding diaryl/α,β-unsaturated/α-hetero) is 2. The number of ketones is 2. The minimum Gasteiger partial charge on any atom is -0.508 e. The molecule has 0 aromatic heterocycles. The number of carbonyl (C=O) groups is 3. The Bertz CT molecular complexity index is 1200. The zero-order valence-corrected chi connectivity index (χ0v) is 19.9. The predicted octanol–water partition coefficient (Wildman–Crippen LogP) is -0.0428. The van der Waals surface area contributed by atoms with Crippen molar-refractivity contribution in [2.75, 3.05) is 28.3 Å². The molecule has 188 valence electrons. The number of fused-ring (bicyclic) bond motifs is 3. The lowest BCUT2D eigenvalue weighted by atomic mass is 9.57. The van der Waals surface area contributed by atoms with Gasteiger partial charge in [-0.2, -0.15) is 5.06 Å². The summed E-state index contributed by atoms with van der Waals surface area (Å²) in [6.45, 7) is 0.333. The third-order valence-electron chi connectivity index (χ3n) is 7.41. The Kier molecular flexibility index (Phi) is 6.00. The van der Waals surface area contributed by atoms with Gasteiger partial charge in [0.2, 0.25) is 5.78 Å². The van der Waals surface area contributed by atoms with E-state index in [2.05, 4.69) is 0 Å². The second-order valence-electron chi connectivity index (χ2n) is 9.53. The molecule has 3 aliphatic rings. The molecule has 3 aliphatic carbocycles. The number of hydrogen-bond acceptors (Lipinski definition) is 10. The molecule has 4 atom stereocenters. The number of phenolic OH excluding ortho intramolecular Hbond substituents is 1. The van der Waals surface area contributed by atoms with Crippen LogP contribution in [0.2, 0.25) is 0 Å². The summed E-state index contributed by atoms with van der Waals surface area (Å²) in [7, 11) is 6.34. The normalized spacial score (nSPS) is 28.4. The molecule has 0 bridgehead atoms. The van der Waals surface area contributed by atoms with E-state index in [9.17, 15) is 34.8 Å². The van der Waals surface area contributed by atoms with Crippen LogP contribution in [0, 0.1) is 11.8 Å². The number of primary amides is 1. The Balaban J connectivity index is 1.94. The Morgan fingerprint density at radius 2 is 1.86 bits per heavy atom. The molecular weight excluding hydrogens is 458 g/mol. The number of benzene rings is 1. The Labute approximate surface area is 201 Å². The summed E-state index contributed by atoms with van der Waals surface area (Å²) in [6.07, 6.45) is 0.275. The van der Waals surface area contributed by atoms with Crippen molar-refractivity contribution in [3.8, 4) is 5.75 Å². The molecule has 0 radical (unpaired) electrons. The number of aliphatic hydroxyl groups is 3. The lowest BCUT2D eigenvalue weighted by Crippen LogP contribution is -2.65. The second-order valence-corrected chi connectivity index (χ2v) is 9.53. The van der Waals surface area contributed by atoms with Crippen LogP contribution >= 0.6 is 0 Å². The fourth-order valence-corrected chi connectivity index (χ4v) is 5.76. The summed E-state index contributed by atoms with van der Waals surface area (Å²) in [4.78, 5) is 45.5. The van der Waals surface area contributed by atoms with Crippen LogP contribution in [0.15, 0.2) is 29.0 Å². The molecule has 6 N–H and O–H groups in total. The minimum atomic E-state index is -2.64. The molecular formula is C24H29N3O8. The zero-order valence-electron chi connectivity index (χ0n) is 19.9. The molecule has 0 heterocycles. The Hall–Kier alpha value is -3.25. The summed E-state index contributed by atoms with van der Waals surface area (Å²) in [5.41, 5.74) is 3.09. The number of aromatic hydroxyl groups is 1. The molecule has 1 saturated carbocycles. The molecule has 1 aromatic carbocycles. The third kappa shape index (κ3) is 3.46. The summed E-state index contributed by atoms with van der Waals surface area (Å²) < 4.78 is 0. The fraction of sp³-hybridized carbons (Fsp3) is 0.458. The van der Waals surface area contributed by atoms with Gasteiger partial charge in [0.15, 0.2) is 11.4 Å². The van der Waals surface area contributed by atoms with Crippen LogP contribution in [0.25, 0.3) is 5.76 Å². The second kappa shape index (κ2) is 8.45. The molecule has 0 unspecified atom stereocenters. The summed E-state index contributed by atoms with van der Waals surface area (Å²) >= 11 is 0. The molecule has 1 amide bonds. The molecule has 1 fully saturated rings. The minimum absolute atomic E-state index is 0.0426. The van der Waals surface area contributed by atoms with Crippen LogP contribution in [0.4, 0.5) is 0 Å². The van der Waals surface area contributed by atoms with Crippen molar-refractivity contribution in [2.45, 2.75) is 31.0 Å². The maximum atomic E-state index is 13.8. The van der Waals surface area contributed by atoms with E-state index in [1.807, 2.05) is 0 Å². The maximum absolute atomic E-state index is 13.8. The first kappa shape index (κ1) is 24.9. The van der Waals surface area contributed by atoms with Crippen molar-refractivity contribution >= 4 is 23.2 Å². The number of carbonyl (C=O) groups excluding carboxylic acids is 3. The lowest BCUT2D eigenvalue weighted by molar-refractivity contribution is -0.153. The van der Waals surface area contributed by atoms with E-state index < -0.39 is 58.0 Å². The van der Waals surface area contributed by atoms with Gasteiger partial charge in [-0.25, -0.2) is 0 Å². The zero-order chi connectivity index (χ0) is 26.0. The lowest BCUT2D eigenvalue weighted by Gasteiger charge is -2.50. The van der Waals surface area contributed by atoms with Gasteiger partial charge in [-0.15, -0.1) is 0 Å². The summed E-state index contributed by atoms with van der Waals surface area (Å²) in [5, 5.41) is 45.7. The number of rotatable bonds is 5. The van der Waals surface area contributed by atoms with Crippen LogP contribution in [0.5, 0.6) is 5.75 Å². The number of aliphatic hydroxyl groups excluding tert-OH is 2. The number of nitrogens with two attached hydrogens (primary N) is 1. The monoisotopic (exact) mass is 487 g/mol. The topological polar surface area (TPSA) is 174 Å². The van der Waals surface area contributed by atoms with Crippen molar-refractivity contribution < 1.29 is 39.6 Å². The molecule has 0 saturated heterocycles. The average molecular weight is 488 g/mol. The predicted molar refractivity (Wildman–Crippen MR) is 123 cm³/mol. The van der Waals surface area contributed by atoms with Gasteiger partial charge in [-0.05, 0) is 50.0 Å².